The molecule has 6 nitrogen and oxygen atoms in total. The summed E-state index contributed by atoms with van der Waals surface area (Å²) < 4.78 is 5.53. The average Bonchev–Trinajstić information content (AvgIpc) is 3.02. The highest BCUT2D eigenvalue weighted by Crippen LogP contribution is 2.29. The number of nitrogens with zero attached hydrogens (tertiary/aromatic N) is 5. The Kier molecular flexibility index (Phi) is 3.68. The van der Waals surface area contributed by atoms with E-state index in [9.17, 15) is 0 Å². The molecule has 0 spiro atoms. The van der Waals surface area contributed by atoms with Gasteiger partial charge < -0.3 is 9.64 Å². The molecule has 6 heteroatoms. The number of hydrogen-bond donors (Lipinski definition) is 0. The molecule has 0 bridgehead atoms. The van der Waals surface area contributed by atoms with Crippen LogP contribution in [0, 0.1) is 0 Å². The second-order valence-corrected chi connectivity index (χ2v) is 5.78. The van der Waals surface area contributed by atoms with Gasteiger partial charge in [-0.05, 0) is 24.5 Å². The van der Waals surface area contributed by atoms with Crippen LogP contribution in [0.25, 0.3) is 0 Å². The summed E-state index contributed by atoms with van der Waals surface area (Å²) >= 11 is 0. The fraction of sp³-hybridized carbons (Fsp3) is 0.500. The molecule has 0 amide bonds. The fourth-order valence-electron chi connectivity index (χ4n) is 3.31. The van der Waals surface area contributed by atoms with Crippen LogP contribution in [0.1, 0.15) is 29.3 Å². The van der Waals surface area contributed by atoms with Gasteiger partial charge in [0.05, 0.1) is 12.3 Å². The first-order valence-electron chi connectivity index (χ1n) is 7.84. The average molecular weight is 297 g/mol. The summed E-state index contributed by atoms with van der Waals surface area (Å²) in [5, 5.41) is 0. The Hall–Kier alpha value is -2.08. The van der Waals surface area contributed by atoms with Crippen molar-refractivity contribution in [3.8, 4) is 0 Å². The quantitative estimate of drug-likeness (QED) is 0.834. The molecule has 2 aliphatic rings. The van der Waals surface area contributed by atoms with Gasteiger partial charge in [0.25, 0.3) is 0 Å². The van der Waals surface area contributed by atoms with Gasteiger partial charge in [-0.3, -0.25) is 0 Å². The van der Waals surface area contributed by atoms with Crippen LogP contribution in [0.3, 0.4) is 0 Å². The van der Waals surface area contributed by atoms with Crippen molar-refractivity contribution in [1.29, 1.82) is 0 Å². The van der Waals surface area contributed by atoms with E-state index < -0.39 is 0 Å². The first-order valence-corrected chi connectivity index (χ1v) is 7.84. The SMILES string of the molecule is c1cnc(N2CCc3ncnc([C@@H]4CCOC4)c3CC2)nc1. The highest BCUT2D eigenvalue weighted by atomic mass is 16.5. The minimum Gasteiger partial charge on any atom is -0.381 e. The third-order valence-corrected chi connectivity index (χ3v) is 4.47. The van der Waals surface area contributed by atoms with E-state index in [2.05, 4.69) is 24.8 Å². The maximum atomic E-state index is 5.53. The molecule has 2 aromatic heterocycles. The summed E-state index contributed by atoms with van der Waals surface area (Å²) in [4.78, 5) is 20.1. The smallest absolute Gasteiger partial charge is 0.225 e. The monoisotopic (exact) mass is 297 g/mol. The Balaban J connectivity index is 1.60. The number of hydrogen-bond acceptors (Lipinski definition) is 6. The summed E-state index contributed by atoms with van der Waals surface area (Å²) in [7, 11) is 0. The Morgan fingerprint density at radius 2 is 1.91 bits per heavy atom. The predicted octanol–water partition coefficient (Wildman–Crippen LogP) is 1.38. The summed E-state index contributed by atoms with van der Waals surface area (Å²) in [6, 6.07) is 1.85. The van der Waals surface area contributed by atoms with Crippen molar-refractivity contribution in [2.75, 3.05) is 31.2 Å². The molecule has 4 rings (SSSR count). The Morgan fingerprint density at radius 3 is 2.73 bits per heavy atom. The zero-order valence-electron chi connectivity index (χ0n) is 12.5. The lowest BCUT2D eigenvalue weighted by atomic mass is 9.96. The van der Waals surface area contributed by atoms with Crippen molar-refractivity contribution in [1.82, 2.24) is 19.9 Å². The minimum absolute atomic E-state index is 0.427. The Labute approximate surface area is 129 Å². The number of anilines is 1. The van der Waals surface area contributed by atoms with Crippen molar-refractivity contribution >= 4 is 5.95 Å². The summed E-state index contributed by atoms with van der Waals surface area (Å²) in [6.07, 6.45) is 8.22. The highest BCUT2D eigenvalue weighted by Gasteiger charge is 2.26. The second kappa shape index (κ2) is 5.96. The molecule has 114 valence electrons. The molecule has 0 aromatic carbocycles. The van der Waals surface area contributed by atoms with Crippen molar-refractivity contribution in [3.05, 3.63) is 41.7 Å². The number of fused-ring (bicyclic) bond motifs is 1. The van der Waals surface area contributed by atoms with E-state index in [1.807, 2.05) is 6.07 Å². The molecule has 0 aliphatic carbocycles. The molecule has 22 heavy (non-hydrogen) atoms. The standard InChI is InChI=1S/C16H19N5O/c1-5-17-16(18-6-1)21-7-2-13-14(3-8-21)19-11-20-15(13)12-4-9-22-10-12/h1,5-6,11-12H,2-4,7-10H2/t12-/m1/s1. The van der Waals surface area contributed by atoms with Gasteiger partial charge >= 0.3 is 0 Å². The van der Waals surface area contributed by atoms with Gasteiger partial charge in [0, 0.05) is 50.1 Å². The third-order valence-electron chi connectivity index (χ3n) is 4.47. The molecule has 2 aromatic rings. The first-order chi connectivity index (χ1) is 10.9. The van der Waals surface area contributed by atoms with Crippen molar-refractivity contribution in [2.24, 2.45) is 0 Å². The molecule has 1 saturated heterocycles. The number of rotatable bonds is 2. The van der Waals surface area contributed by atoms with E-state index in [1.54, 1.807) is 18.7 Å². The lowest BCUT2D eigenvalue weighted by molar-refractivity contribution is 0.193. The van der Waals surface area contributed by atoms with Crippen LogP contribution in [-0.2, 0) is 17.6 Å². The van der Waals surface area contributed by atoms with Crippen LogP contribution >= 0.6 is 0 Å². The molecule has 0 N–H and O–H groups in total. The summed E-state index contributed by atoms with van der Waals surface area (Å²) in [5.41, 5.74) is 3.69. The second-order valence-electron chi connectivity index (χ2n) is 5.78. The van der Waals surface area contributed by atoms with Crippen molar-refractivity contribution in [3.63, 3.8) is 0 Å². The van der Waals surface area contributed by atoms with Crippen molar-refractivity contribution in [2.45, 2.75) is 25.2 Å². The van der Waals surface area contributed by atoms with E-state index >= 15 is 0 Å². The molecule has 0 saturated carbocycles. The van der Waals surface area contributed by atoms with Gasteiger partial charge in [0.2, 0.25) is 5.95 Å². The first kappa shape index (κ1) is 13.6. The topological polar surface area (TPSA) is 64.0 Å². The zero-order chi connectivity index (χ0) is 14.8. The van der Waals surface area contributed by atoms with Crippen LogP contribution in [0.4, 0.5) is 5.95 Å². The summed E-state index contributed by atoms with van der Waals surface area (Å²) in [5.74, 6) is 1.23. The summed E-state index contributed by atoms with van der Waals surface area (Å²) in [6.45, 7) is 3.43. The molecule has 1 atom stereocenters. The molecule has 0 radical (unpaired) electrons. The van der Waals surface area contributed by atoms with E-state index in [-0.39, 0.29) is 0 Å². The fourth-order valence-corrected chi connectivity index (χ4v) is 3.31. The predicted molar refractivity (Wildman–Crippen MR) is 81.9 cm³/mol. The molecule has 0 unspecified atom stereocenters. The molecular weight excluding hydrogens is 278 g/mol. The Bertz CT molecular complexity index is 642. The maximum Gasteiger partial charge on any atom is 0.225 e. The van der Waals surface area contributed by atoms with Gasteiger partial charge in [-0.1, -0.05) is 0 Å². The van der Waals surface area contributed by atoms with E-state index in [0.29, 0.717) is 5.92 Å². The minimum atomic E-state index is 0.427. The normalized spacial score (nSPS) is 21.5. The Morgan fingerprint density at radius 1 is 1.05 bits per heavy atom. The molecular formula is C16H19N5O. The van der Waals surface area contributed by atoms with Crippen LogP contribution in [0.5, 0.6) is 0 Å². The van der Waals surface area contributed by atoms with E-state index in [1.165, 1.54) is 17.0 Å². The lowest BCUT2D eigenvalue weighted by Gasteiger charge is -2.19. The maximum absolute atomic E-state index is 5.53. The van der Waals surface area contributed by atoms with Gasteiger partial charge in [0.1, 0.15) is 6.33 Å². The number of ether oxygens (including phenoxy) is 1. The van der Waals surface area contributed by atoms with Gasteiger partial charge in [-0.15, -0.1) is 0 Å². The van der Waals surface area contributed by atoms with Gasteiger partial charge in [-0.25, -0.2) is 19.9 Å². The van der Waals surface area contributed by atoms with Gasteiger partial charge in [0.15, 0.2) is 0 Å². The molecule has 4 heterocycles. The van der Waals surface area contributed by atoms with E-state index in [4.69, 9.17) is 4.74 Å². The highest BCUT2D eigenvalue weighted by molar-refractivity contribution is 5.36. The lowest BCUT2D eigenvalue weighted by Crippen LogP contribution is -2.27. The molecule has 1 fully saturated rings. The van der Waals surface area contributed by atoms with Crippen LogP contribution < -0.4 is 4.90 Å². The van der Waals surface area contributed by atoms with Crippen molar-refractivity contribution < 1.29 is 4.74 Å². The van der Waals surface area contributed by atoms with Gasteiger partial charge in [-0.2, -0.15) is 0 Å². The third kappa shape index (κ3) is 2.54. The van der Waals surface area contributed by atoms with E-state index in [0.717, 1.165) is 51.5 Å². The van der Waals surface area contributed by atoms with Crippen LogP contribution in [0.15, 0.2) is 24.8 Å². The largest absolute Gasteiger partial charge is 0.381 e. The number of aromatic nitrogens is 4. The molecule has 2 aliphatic heterocycles. The zero-order valence-corrected chi connectivity index (χ0v) is 12.5. The van der Waals surface area contributed by atoms with Crippen LogP contribution in [0.2, 0.25) is 0 Å². The van der Waals surface area contributed by atoms with Crippen LogP contribution in [-0.4, -0.2) is 46.2 Å².